The maximum Gasteiger partial charge on any atom is 0.175 e. The Balaban J connectivity index is 1.91. The highest BCUT2D eigenvalue weighted by Crippen LogP contribution is 2.32. The summed E-state index contributed by atoms with van der Waals surface area (Å²) in [5.41, 5.74) is 1.03. The van der Waals surface area contributed by atoms with Crippen molar-refractivity contribution >= 4 is 5.69 Å². The third kappa shape index (κ3) is 1.41. The van der Waals surface area contributed by atoms with Crippen LogP contribution in [-0.4, -0.2) is 21.3 Å². The van der Waals surface area contributed by atoms with E-state index in [2.05, 4.69) is 15.4 Å². The minimum Gasteiger partial charge on any atom is -0.478 e. The summed E-state index contributed by atoms with van der Waals surface area (Å²) in [4.78, 5) is 4.20. The van der Waals surface area contributed by atoms with Gasteiger partial charge in [0.25, 0.3) is 0 Å². The van der Waals surface area contributed by atoms with E-state index in [9.17, 15) is 0 Å². The second-order valence-corrected chi connectivity index (χ2v) is 3.73. The summed E-state index contributed by atoms with van der Waals surface area (Å²) in [5.74, 6) is 1.70. The minimum atomic E-state index is -0.0811. The first-order valence-corrected chi connectivity index (χ1v) is 5.18. The summed E-state index contributed by atoms with van der Waals surface area (Å²) in [6.45, 7) is 0.712. The number of aryl methyl sites for hydroxylation is 1. The molecule has 0 bridgehead atoms. The molecule has 1 aromatic heterocycles. The Morgan fingerprint density at radius 3 is 3.12 bits per heavy atom. The standard InChI is InChI=1S/C11H12N4O/c1-15-11(13-7-14-15)10-6-12-8-4-2-3-5-9(8)16-10/h2-5,7,10,12H,6H2,1H3. The van der Waals surface area contributed by atoms with E-state index in [1.54, 1.807) is 11.0 Å². The van der Waals surface area contributed by atoms with E-state index >= 15 is 0 Å². The smallest absolute Gasteiger partial charge is 0.175 e. The van der Waals surface area contributed by atoms with Crippen LogP contribution in [0.2, 0.25) is 0 Å². The molecule has 1 aromatic carbocycles. The lowest BCUT2D eigenvalue weighted by atomic mass is 10.2. The quantitative estimate of drug-likeness (QED) is 0.782. The average Bonchev–Trinajstić information content (AvgIpc) is 2.75. The second kappa shape index (κ2) is 3.52. The van der Waals surface area contributed by atoms with Gasteiger partial charge >= 0.3 is 0 Å². The summed E-state index contributed by atoms with van der Waals surface area (Å²) in [6.07, 6.45) is 1.46. The molecule has 2 aromatic rings. The van der Waals surface area contributed by atoms with E-state index < -0.39 is 0 Å². The molecule has 5 nitrogen and oxygen atoms in total. The number of anilines is 1. The third-order valence-electron chi connectivity index (χ3n) is 2.67. The van der Waals surface area contributed by atoms with Gasteiger partial charge in [0.2, 0.25) is 0 Å². The number of nitrogens with zero attached hydrogens (tertiary/aromatic N) is 3. The summed E-state index contributed by atoms with van der Waals surface area (Å²) in [5, 5.41) is 7.37. The van der Waals surface area contributed by atoms with Crippen LogP contribution >= 0.6 is 0 Å². The van der Waals surface area contributed by atoms with Crippen LogP contribution < -0.4 is 10.1 Å². The highest BCUT2D eigenvalue weighted by atomic mass is 16.5. The Hall–Kier alpha value is -2.04. The van der Waals surface area contributed by atoms with Crippen LogP contribution in [0.3, 0.4) is 0 Å². The molecule has 1 aliphatic rings. The molecule has 82 valence electrons. The Labute approximate surface area is 93.1 Å². The molecule has 5 heteroatoms. The van der Waals surface area contributed by atoms with Crippen molar-refractivity contribution in [2.75, 3.05) is 11.9 Å². The molecule has 0 radical (unpaired) electrons. The molecular formula is C11H12N4O. The van der Waals surface area contributed by atoms with Crippen LogP contribution in [0.25, 0.3) is 0 Å². The zero-order chi connectivity index (χ0) is 11.0. The van der Waals surface area contributed by atoms with Gasteiger partial charge in [-0.15, -0.1) is 0 Å². The minimum absolute atomic E-state index is 0.0811. The predicted molar refractivity (Wildman–Crippen MR) is 59.3 cm³/mol. The normalized spacial score (nSPS) is 18.4. The monoisotopic (exact) mass is 216 g/mol. The first-order chi connectivity index (χ1) is 7.84. The Morgan fingerprint density at radius 2 is 2.31 bits per heavy atom. The number of fused-ring (bicyclic) bond motifs is 1. The third-order valence-corrected chi connectivity index (χ3v) is 2.67. The molecule has 1 aliphatic heterocycles. The first-order valence-electron chi connectivity index (χ1n) is 5.18. The lowest BCUT2D eigenvalue weighted by Crippen LogP contribution is -2.26. The molecular weight excluding hydrogens is 204 g/mol. The number of hydrogen-bond donors (Lipinski definition) is 1. The number of hydrogen-bond acceptors (Lipinski definition) is 4. The van der Waals surface area contributed by atoms with Gasteiger partial charge in [-0.2, -0.15) is 5.10 Å². The molecule has 2 heterocycles. The molecule has 3 rings (SSSR count). The van der Waals surface area contributed by atoms with Crippen molar-refractivity contribution in [3.63, 3.8) is 0 Å². The lowest BCUT2D eigenvalue weighted by molar-refractivity contribution is 0.195. The molecule has 0 amide bonds. The number of benzene rings is 1. The van der Waals surface area contributed by atoms with Gasteiger partial charge in [0.05, 0.1) is 12.2 Å². The van der Waals surface area contributed by atoms with Crippen molar-refractivity contribution < 1.29 is 4.74 Å². The molecule has 1 N–H and O–H groups in total. The van der Waals surface area contributed by atoms with Gasteiger partial charge in [0, 0.05) is 7.05 Å². The lowest BCUT2D eigenvalue weighted by Gasteiger charge is -2.26. The van der Waals surface area contributed by atoms with E-state index in [0.29, 0.717) is 6.54 Å². The Kier molecular flexibility index (Phi) is 2.02. The van der Waals surface area contributed by atoms with Crippen LogP contribution in [0, 0.1) is 0 Å². The molecule has 1 unspecified atom stereocenters. The number of rotatable bonds is 1. The van der Waals surface area contributed by atoms with Crippen LogP contribution in [0.5, 0.6) is 5.75 Å². The summed E-state index contributed by atoms with van der Waals surface area (Å²) in [7, 11) is 1.87. The number of aromatic nitrogens is 3. The summed E-state index contributed by atoms with van der Waals surface area (Å²) < 4.78 is 7.61. The highest BCUT2D eigenvalue weighted by Gasteiger charge is 2.23. The van der Waals surface area contributed by atoms with E-state index in [4.69, 9.17) is 4.74 Å². The fraction of sp³-hybridized carbons (Fsp3) is 0.273. The van der Waals surface area contributed by atoms with Crippen molar-refractivity contribution in [1.82, 2.24) is 14.8 Å². The van der Waals surface area contributed by atoms with Crippen molar-refractivity contribution in [3.05, 3.63) is 36.4 Å². The summed E-state index contributed by atoms with van der Waals surface area (Å²) in [6, 6.07) is 7.89. The van der Waals surface area contributed by atoms with Crippen LogP contribution in [0.4, 0.5) is 5.69 Å². The number of ether oxygens (including phenoxy) is 1. The van der Waals surface area contributed by atoms with Gasteiger partial charge in [-0.25, -0.2) is 9.67 Å². The van der Waals surface area contributed by atoms with Gasteiger partial charge in [-0.3, -0.25) is 0 Å². The van der Waals surface area contributed by atoms with Crippen molar-refractivity contribution in [2.24, 2.45) is 7.05 Å². The van der Waals surface area contributed by atoms with Crippen LogP contribution in [0.1, 0.15) is 11.9 Å². The van der Waals surface area contributed by atoms with Crippen molar-refractivity contribution in [2.45, 2.75) is 6.10 Å². The summed E-state index contributed by atoms with van der Waals surface area (Å²) >= 11 is 0. The zero-order valence-electron chi connectivity index (χ0n) is 8.92. The van der Waals surface area contributed by atoms with E-state index in [0.717, 1.165) is 17.3 Å². The molecule has 0 aliphatic carbocycles. The Bertz CT molecular complexity index is 508. The molecule has 0 saturated heterocycles. The highest BCUT2D eigenvalue weighted by molar-refractivity contribution is 5.57. The van der Waals surface area contributed by atoms with Gasteiger partial charge in [0.15, 0.2) is 11.9 Å². The van der Waals surface area contributed by atoms with Gasteiger partial charge < -0.3 is 10.1 Å². The molecule has 16 heavy (non-hydrogen) atoms. The Morgan fingerprint density at radius 1 is 1.44 bits per heavy atom. The van der Waals surface area contributed by atoms with E-state index in [1.165, 1.54) is 0 Å². The number of nitrogens with one attached hydrogen (secondary N) is 1. The van der Waals surface area contributed by atoms with Crippen molar-refractivity contribution in [1.29, 1.82) is 0 Å². The fourth-order valence-corrected chi connectivity index (χ4v) is 1.85. The maximum atomic E-state index is 5.87. The van der Waals surface area contributed by atoms with Crippen LogP contribution in [-0.2, 0) is 7.05 Å². The predicted octanol–water partition coefficient (Wildman–Crippen LogP) is 1.36. The number of para-hydroxylation sites is 2. The molecule has 0 spiro atoms. The van der Waals surface area contributed by atoms with E-state index in [1.807, 2.05) is 31.3 Å². The maximum absolute atomic E-state index is 5.87. The second-order valence-electron chi connectivity index (χ2n) is 3.73. The first kappa shape index (κ1) is 9.21. The van der Waals surface area contributed by atoms with E-state index in [-0.39, 0.29) is 6.10 Å². The van der Waals surface area contributed by atoms with Gasteiger partial charge in [-0.05, 0) is 12.1 Å². The van der Waals surface area contributed by atoms with Crippen molar-refractivity contribution in [3.8, 4) is 5.75 Å². The molecule has 1 atom stereocenters. The zero-order valence-corrected chi connectivity index (χ0v) is 8.92. The fourth-order valence-electron chi connectivity index (χ4n) is 1.85. The van der Waals surface area contributed by atoms with Crippen LogP contribution in [0.15, 0.2) is 30.6 Å². The van der Waals surface area contributed by atoms with Gasteiger partial charge in [0.1, 0.15) is 12.1 Å². The largest absolute Gasteiger partial charge is 0.478 e. The SMILES string of the molecule is Cn1ncnc1C1CNc2ccccc2O1. The van der Waals surface area contributed by atoms with Gasteiger partial charge in [-0.1, -0.05) is 12.1 Å². The topological polar surface area (TPSA) is 52.0 Å². The molecule has 0 saturated carbocycles. The average molecular weight is 216 g/mol. The molecule has 0 fully saturated rings.